The van der Waals surface area contributed by atoms with E-state index in [1.165, 1.54) is 6.07 Å². The molecule has 1 unspecified atom stereocenters. The van der Waals surface area contributed by atoms with Gasteiger partial charge in [0, 0.05) is 16.3 Å². The molecule has 0 spiro atoms. The molecular formula is C15H13Cl2NO3. The van der Waals surface area contributed by atoms with Gasteiger partial charge < -0.3 is 10.1 Å². The van der Waals surface area contributed by atoms with E-state index < -0.39 is 11.9 Å². The second-order valence-corrected chi connectivity index (χ2v) is 5.42. The summed E-state index contributed by atoms with van der Waals surface area (Å²) in [6.45, 7) is 1.77. The molecule has 0 bridgehead atoms. The number of nitrogens with one attached hydrogen (secondary N) is 1. The molecule has 2 aromatic rings. The summed E-state index contributed by atoms with van der Waals surface area (Å²) >= 11 is 11.8. The zero-order chi connectivity index (χ0) is 15.6. The number of carboxylic acid groups (broad SMARTS) is 1. The van der Waals surface area contributed by atoms with Gasteiger partial charge in [-0.3, -0.25) is 9.59 Å². The largest absolute Gasteiger partial charge is 0.481 e. The predicted octanol–water partition coefficient (Wildman–Crippen LogP) is 4.13. The number of carboxylic acids is 1. The zero-order valence-electron chi connectivity index (χ0n) is 11.2. The Hall–Kier alpha value is -1.78. The van der Waals surface area contributed by atoms with E-state index in [2.05, 4.69) is 4.98 Å². The molecule has 0 saturated carbocycles. The highest BCUT2D eigenvalue weighted by Crippen LogP contribution is 2.25. The highest BCUT2D eigenvalue weighted by atomic mass is 35.5. The minimum Gasteiger partial charge on any atom is -0.481 e. The van der Waals surface area contributed by atoms with Crippen LogP contribution < -0.4 is 0 Å². The molecule has 1 aromatic heterocycles. The zero-order valence-corrected chi connectivity index (χ0v) is 12.7. The number of rotatable bonds is 5. The Kier molecular flexibility index (Phi) is 4.70. The van der Waals surface area contributed by atoms with Crippen LogP contribution in [-0.4, -0.2) is 21.8 Å². The van der Waals surface area contributed by atoms with E-state index in [1.807, 2.05) is 0 Å². The molecule has 2 rings (SSSR count). The molecule has 21 heavy (non-hydrogen) atoms. The van der Waals surface area contributed by atoms with Crippen LogP contribution in [-0.2, 0) is 4.79 Å². The Balaban J connectivity index is 2.33. The van der Waals surface area contributed by atoms with Crippen molar-refractivity contribution in [2.75, 3.05) is 0 Å². The molecule has 110 valence electrons. The first-order valence-electron chi connectivity index (χ1n) is 6.35. The van der Waals surface area contributed by atoms with Crippen LogP contribution in [0.3, 0.4) is 0 Å². The maximum Gasteiger partial charge on any atom is 0.312 e. The third-order valence-corrected chi connectivity index (χ3v) is 3.76. The standard InChI is InChI=1S/C15H13Cl2NO3/c1-2-9(15(20)21)12-5-6-13(18-12)14(19)10-4-3-8(16)7-11(10)17/h3-7,9,18H,2H2,1H3,(H,20,21). The Bertz CT molecular complexity index is 694. The summed E-state index contributed by atoms with van der Waals surface area (Å²) < 4.78 is 0. The molecule has 0 aliphatic heterocycles. The van der Waals surface area contributed by atoms with Gasteiger partial charge in [-0.1, -0.05) is 30.1 Å². The van der Waals surface area contributed by atoms with Gasteiger partial charge in [0.15, 0.2) is 0 Å². The van der Waals surface area contributed by atoms with Gasteiger partial charge in [-0.15, -0.1) is 0 Å². The van der Waals surface area contributed by atoms with E-state index >= 15 is 0 Å². The molecule has 1 atom stereocenters. The van der Waals surface area contributed by atoms with Crippen LogP contribution in [0.5, 0.6) is 0 Å². The smallest absolute Gasteiger partial charge is 0.312 e. The van der Waals surface area contributed by atoms with Crippen molar-refractivity contribution in [1.29, 1.82) is 0 Å². The number of benzene rings is 1. The van der Waals surface area contributed by atoms with Crippen LogP contribution in [0.25, 0.3) is 0 Å². The number of halogens is 2. The van der Waals surface area contributed by atoms with Crippen molar-refractivity contribution in [2.24, 2.45) is 0 Å². The lowest BCUT2D eigenvalue weighted by molar-refractivity contribution is -0.138. The fourth-order valence-electron chi connectivity index (χ4n) is 2.09. The van der Waals surface area contributed by atoms with E-state index in [1.54, 1.807) is 31.2 Å². The highest BCUT2D eigenvalue weighted by molar-refractivity contribution is 6.37. The van der Waals surface area contributed by atoms with Crippen molar-refractivity contribution in [3.8, 4) is 0 Å². The van der Waals surface area contributed by atoms with Gasteiger partial charge in [0.25, 0.3) is 0 Å². The van der Waals surface area contributed by atoms with Gasteiger partial charge in [0.2, 0.25) is 5.78 Å². The third kappa shape index (κ3) is 3.28. The highest BCUT2D eigenvalue weighted by Gasteiger charge is 2.21. The van der Waals surface area contributed by atoms with Gasteiger partial charge in [-0.2, -0.15) is 0 Å². The van der Waals surface area contributed by atoms with Crippen molar-refractivity contribution in [1.82, 2.24) is 4.98 Å². The summed E-state index contributed by atoms with van der Waals surface area (Å²) in [5.41, 5.74) is 1.12. The molecular weight excluding hydrogens is 313 g/mol. The van der Waals surface area contributed by atoms with Crippen LogP contribution in [0.1, 0.15) is 41.0 Å². The Morgan fingerprint density at radius 2 is 1.95 bits per heavy atom. The van der Waals surface area contributed by atoms with Gasteiger partial charge in [-0.25, -0.2) is 0 Å². The van der Waals surface area contributed by atoms with Crippen LogP contribution in [0.15, 0.2) is 30.3 Å². The van der Waals surface area contributed by atoms with E-state index in [-0.39, 0.29) is 10.8 Å². The minimum absolute atomic E-state index is 0.258. The lowest BCUT2D eigenvalue weighted by Gasteiger charge is -2.07. The normalized spacial score (nSPS) is 12.1. The second-order valence-electron chi connectivity index (χ2n) is 4.58. The quantitative estimate of drug-likeness (QED) is 0.812. The molecule has 0 amide bonds. The van der Waals surface area contributed by atoms with Crippen molar-refractivity contribution < 1.29 is 14.7 Å². The first-order valence-corrected chi connectivity index (χ1v) is 7.11. The monoisotopic (exact) mass is 325 g/mol. The minimum atomic E-state index is -0.928. The molecule has 0 saturated heterocycles. The number of aromatic amines is 1. The van der Waals surface area contributed by atoms with E-state index in [0.29, 0.717) is 28.4 Å². The Morgan fingerprint density at radius 3 is 2.52 bits per heavy atom. The van der Waals surface area contributed by atoms with E-state index in [9.17, 15) is 9.59 Å². The molecule has 0 aliphatic rings. The SMILES string of the molecule is CCC(C(=O)O)c1ccc(C(=O)c2ccc(Cl)cc2Cl)[nH]1. The van der Waals surface area contributed by atoms with Gasteiger partial charge in [0.05, 0.1) is 16.6 Å². The topological polar surface area (TPSA) is 70.2 Å². The third-order valence-electron chi connectivity index (χ3n) is 3.21. The van der Waals surface area contributed by atoms with Crippen molar-refractivity contribution in [2.45, 2.75) is 19.3 Å². The molecule has 0 radical (unpaired) electrons. The summed E-state index contributed by atoms with van der Waals surface area (Å²) in [7, 11) is 0. The summed E-state index contributed by atoms with van der Waals surface area (Å²) in [5, 5.41) is 9.83. The summed E-state index contributed by atoms with van der Waals surface area (Å²) in [6.07, 6.45) is 0.436. The number of ketones is 1. The molecule has 6 heteroatoms. The maximum absolute atomic E-state index is 12.4. The molecule has 0 fully saturated rings. The summed E-state index contributed by atoms with van der Waals surface area (Å²) in [5.74, 6) is -1.89. The number of aromatic nitrogens is 1. The summed E-state index contributed by atoms with van der Waals surface area (Å²) in [6, 6.07) is 7.79. The first-order chi connectivity index (χ1) is 9.93. The van der Waals surface area contributed by atoms with Gasteiger partial charge >= 0.3 is 5.97 Å². The first kappa shape index (κ1) is 15.6. The number of hydrogen-bond acceptors (Lipinski definition) is 2. The molecule has 1 aromatic carbocycles. The summed E-state index contributed by atoms with van der Waals surface area (Å²) in [4.78, 5) is 26.4. The number of H-pyrrole nitrogens is 1. The Morgan fingerprint density at radius 1 is 1.24 bits per heavy atom. The van der Waals surface area contributed by atoms with Crippen molar-refractivity contribution in [3.63, 3.8) is 0 Å². The molecule has 1 heterocycles. The van der Waals surface area contributed by atoms with Crippen LogP contribution >= 0.6 is 23.2 Å². The lowest BCUT2D eigenvalue weighted by atomic mass is 10.0. The van der Waals surface area contributed by atoms with Gasteiger partial charge in [-0.05, 0) is 36.8 Å². The fraction of sp³-hybridized carbons (Fsp3) is 0.200. The number of carbonyl (C=O) groups is 2. The Labute approximate surface area is 131 Å². The number of hydrogen-bond donors (Lipinski definition) is 2. The van der Waals surface area contributed by atoms with Crippen molar-refractivity contribution >= 4 is 35.0 Å². The van der Waals surface area contributed by atoms with Crippen LogP contribution in [0.2, 0.25) is 10.0 Å². The predicted molar refractivity (Wildman–Crippen MR) is 81.4 cm³/mol. The number of aliphatic carboxylic acids is 1. The molecule has 2 N–H and O–H groups in total. The van der Waals surface area contributed by atoms with Gasteiger partial charge in [0.1, 0.15) is 0 Å². The van der Waals surface area contributed by atoms with Crippen LogP contribution in [0, 0.1) is 0 Å². The lowest BCUT2D eigenvalue weighted by Crippen LogP contribution is -2.11. The van der Waals surface area contributed by atoms with E-state index in [0.717, 1.165) is 0 Å². The molecule has 4 nitrogen and oxygen atoms in total. The van der Waals surface area contributed by atoms with Crippen LogP contribution in [0.4, 0.5) is 0 Å². The van der Waals surface area contributed by atoms with E-state index in [4.69, 9.17) is 28.3 Å². The maximum atomic E-state index is 12.4. The number of carbonyl (C=O) groups excluding carboxylic acids is 1. The fourth-order valence-corrected chi connectivity index (χ4v) is 2.59. The molecule has 0 aliphatic carbocycles. The average Bonchev–Trinajstić information content (AvgIpc) is 2.88. The van der Waals surface area contributed by atoms with Crippen molar-refractivity contribution in [3.05, 3.63) is 57.3 Å². The second kappa shape index (κ2) is 6.33. The average molecular weight is 326 g/mol.